The van der Waals surface area contributed by atoms with Crippen LogP contribution in [-0.2, 0) is 26.6 Å². The number of nitrogens with one attached hydrogen (secondary N) is 2. The maximum atomic E-state index is 12.6. The molecule has 0 bridgehead atoms. The van der Waals surface area contributed by atoms with Crippen LogP contribution in [-0.4, -0.2) is 40.1 Å². The number of rotatable bonds is 8. The van der Waals surface area contributed by atoms with E-state index in [-0.39, 0.29) is 22.2 Å². The number of hydrogen-bond donors (Lipinski definition) is 2. The number of hydrogen-bond acceptors (Lipinski definition) is 5. The van der Waals surface area contributed by atoms with Gasteiger partial charge in [-0.15, -0.1) is 0 Å². The summed E-state index contributed by atoms with van der Waals surface area (Å²) in [4.78, 5) is 12.8. The predicted molar refractivity (Wildman–Crippen MR) is 129 cm³/mol. The Labute approximate surface area is 199 Å². The molecule has 0 aliphatic carbocycles. The molecule has 0 spiro atoms. The second-order valence-corrected chi connectivity index (χ2v) is 11.6. The molecule has 1 saturated heterocycles. The highest BCUT2D eigenvalue weighted by atomic mass is 32.2. The van der Waals surface area contributed by atoms with Gasteiger partial charge in [0.1, 0.15) is 0 Å². The van der Waals surface area contributed by atoms with Crippen LogP contribution in [0.1, 0.15) is 28.8 Å². The molecule has 4 rings (SSSR count). The standard InChI is InChI=1S/C24H25N3O5S2/c28-24(20-10-14-22(15-11-20)33(29,30)26-21-6-2-1-3-7-21)25-18-19-8-12-23(13-9-19)34(31,32)27-16-4-5-17-27/h1-3,6-15,26H,4-5,16-18H2,(H,25,28). The molecular formula is C24H25N3O5S2. The van der Waals surface area contributed by atoms with Crippen molar-refractivity contribution in [2.24, 2.45) is 0 Å². The van der Waals surface area contributed by atoms with Crippen LogP contribution in [0.4, 0.5) is 5.69 Å². The van der Waals surface area contributed by atoms with Crippen molar-refractivity contribution in [1.29, 1.82) is 0 Å². The topological polar surface area (TPSA) is 113 Å². The lowest BCUT2D eigenvalue weighted by molar-refractivity contribution is 0.0950. The Morgan fingerprint density at radius 1 is 0.765 bits per heavy atom. The van der Waals surface area contributed by atoms with E-state index in [1.54, 1.807) is 54.6 Å². The first kappa shape index (κ1) is 23.9. The molecule has 1 aliphatic rings. The van der Waals surface area contributed by atoms with Gasteiger partial charge in [-0.1, -0.05) is 30.3 Å². The lowest BCUT2D eigenvalue weighted by Gasteiger charge is -2.15. The summed E-state index contributed by atoms with van der Waals surface area (Å²) >= 11 is 0. The lowest BCUT2D eigenvalue weighted by Crippen LogP contribution is -2.28. The molecule has 10 heteroatoms. The fourth-order valence-corrected chi connectivity index (χ4v) is 6.22. The van der Waals surface area contributed by atoms with E-state index in [1.807, 2.05) is 0 Å². The van der Waals surface area contributed by atoms with E-state index in [9.17, 15) is 21.6 Å². The van der Waals surface area contributed by atoms with Gasteiger partial charge in [-0.05, 0) is 66.9 Å². The van der Waals surface area contributed by atoms with E-state index in [2.05, 4.69) is 10.0 Å². The number of benzene rings is 3. The van der Waals surface area contributed by atoms with E-state index in [4.69, 9.17) is 0 Å². The highest BCUT2D eigenvalue weighted by molar-refractivity contribution is 7.92. The number of sulfonamides is 2. The summed E-state index contributed by atoms with van der Waals surface area (Å²) in [7, 11) is -7.24. The molecule has 1 heterocycles. The van der Waals surface area contributed by atoms with E-state index >= 15 is 0 Å². The fraction of sp³-hybridized carbons (Fsp3) is 0.208. The van der Waals surface area contributed by atoms with Crippen LogP contribution >= 0.6 is 0 Å². The first-order valence-electron chi connectivity index (χ1n) is 10.8. The van der Waals surface area contributed by atoms with Crippen molar-refractivity contribution in [2.45, 2.75) is 29.2 Å². The van der Waals surface area contributed by atoms with Crippen LogP contribution in [0, 0.1) is 0 Å². The summed E-state index contributed by atoms with van der Waals surface area (Å²) in [6.07, 6.45) is 1.75. The number of para-hydroxylation sites is 1. The number of anilines is 1. The van der Waals surface area contributed by atoms with E-state index in [0.29, 0.717) is 24.3 Å². The Balaban J connectivity index is 1.36. The molecule has 178 valence electrons. The fourth-order valence-electron chi connectivity index (χ4n) is 3.65. The largest absolute Gasteiger partial charge is 0.348 e. The molecule has 8 nitrogen and oxygen atoms in total. The van der Waals surface area contributed by atoms with Crippen LogP contribution < -0.4 is 10.0 Å². The molecule has 1 fully saturated rings. The summed E-state index contributed by atoms with van der Waals surface area (Å²) < 4.78 is 54.2. The zero-order chi connectivity index (χ0) is 24.2. The summed E-state index contributed by atoms with van der Waals surface area (Å²) in [6, 6.07) is 20.6. The first-order chi connectivity index (χ1) is 16.3. The minimum Gasteiger partial charge on any atom is -0.348 e. The highest BCUT2D eigenvalue weighted by Gasteiger charge is 2.26. The van der Waals surface area contributed by atoms with Gasteiger partial charge in [0.05, 0.1) is 9.79 Å². The highest BCUT2D eigenvalue weighted by Crippen LogP contribution is 2.21. The van der Waals surface area contributed by atoms with Gasteiger partial charge in [-0.2, -0.15) is 4.31 Å². The van der Waals surface area contributed by atoms with Gasteiger partial charge >= 0.3 is 0 Å². The van der Waals surface area contributed by atoms with Crippen LogP contribution in [0.5, 0.6) is 0 Å². The van der Waals surface area contributed by atoms with Crippen LogP contribution in [0.15, 0.2) is 88.7 Å². The molecule has 1 amide bonds. The molecule has 3 aromatic rings. The summed E-state index contributed by atoms with van der Waals surface area (Å²) in [5.41, 5.74) is 1.51. The average Bonchev–Trinajstić information content (AvgIpc) is 3.39. The number of amides is 1. The molecule has 34 heavy (non-hydrogen) atoms. The molecule has 0 atom stereocenters. The average molecular weight is 500 g/mol. The third kappa shape index (κ3) is 5.46. The third-order valence-electron chi connectivity index (χ3n) is 5.53. The van der Waals surface area contributed by atoms with Crippen LogP contribution in [0.25, 0.3) is 0 Å². The number of carbonyl (C=O) groups is 1. The van der Waals surface area contributed by atoms with Gasteiger partial charge in [0, 0.05) is 30.9 Å². The maximum absolute atomic E-state index is 12.6. The second kappa shape index (κ2) is 9.96. The van der Waals surface area contributed by atoms with Crippen molar-refractivity contribution < 1.29 is 21.6 Å². The summed E-state index contributed by atoms with van der Waals surface area (Å²) in [5.74, 6) is -0.367. The monoisotopic (exact) mass is 499 g/mol. The third-order valence-corrected chi connectivity index (χ3v) is 8.84. The summed E-state index contributed by atoms with van der Waals surface area (Å²) in [5, 5.41) is 2.76. The number of nitrogens with zero attached hydrogens (tertiary/aromatic N) is 1. The Hall–Kier alpha value is -3.21. The molecule has 1 aliphatic heterocycles. The van der Waals surface area contributed by atoms with Crippen molar-refractivity contribution in [3.63, 3.8) is 0 Å². The molecular weight excluding hydrogens is 474 g/mol. The van der Waals surface area contributed by atoms with Gasteiger partial charge in [-0.25, -0.2) is 16.8 Å². The lowest BCUT2D eigenvalue weighted by atomic mass is 10.2. The molecule has 0 radical (unpaired) electrons. The minimum absolute atomic E-state index is 0.0442. The summed E-state index contributed by atoms with van der Waals surface area (Å²) in [6.45, 7) is 1.30. The Bertz CT molecular complexity index is 1350. The van der Waals surface area contributed by atoms with E-state index in [1.165, 1.54) is 28.6 Å². The van der Waals surface area contributed by atoms with Gasteiger partial charge in [0.15, 0.2) is 0 Å². The van der Waals surface area contributed by atoms with Crippen LogP contribution in [0.2, 0.25) is 0 Å². The molecule has 2 N–H and O–H groups in total. The van der Waals surface area contributed by atoms with E-state index in [0.717, 1.165) is 18.4 Å². The normalized spacial score (nSPS) is 14.6. The van der Waals surface area contributed by atoms with Gasteiger partial charge in [0.2, 0.25) is 10.0 Å². The first-order valence-corrected chi connectivity index (χ1v) is 13.7. The van der Waals surface area contributed by atoms with Crippen molar-refractivity contribution in [3.8, 4) is 0 Å². The Kier molecular flexibility index (Phi) is 7.01. The van der Waals surface area contributed by atoms with E-state index < -0.39 is 20.0 Å². The molecule has 0 unspecified atom stereocenters. The Morgan fingerprint density at radius 3 is 1.97 bits per heavy atom. The maximum Gasteiger partial charge on any atom is 0.261 e. The number of carbonyl (C=O) groups excluding carboxylic acids is 1. The zero-order valence-corrected chi connectivity index (χ0v) is 20.0. The molecule has 3 aromatic carbocycles. The minimum atomic E-state index is -3.77. The smallest absolute Gasteiger partial charge is 0.261 e. The van der Waals surface area contributed by atoms with Crippen molar-refractivity contribution in [2.75, 3.05) is 17.8 Å². The molecule has 0 saturated carbocycles. The quantitative estimate of drug-likeness (QED) is 0.494. The predicted octanol–water partition coefficient (Wildman–Crippen LogP) is 3.20. The van der Waals surface area contributed by atoms with Gasteiger partial charge < -0.3 is 5.32 Å². The SMILES string of the molecule is O=C(NCc1ccc(S(=O)(=O)N2CCCC2)cc1)c1ccc(S(=O)(=O)Nc2ccccc2)cc1. The second-order valence-electron chi connectivity index (χ2n) is 7.93. The Morgan fingerprint density at radius 2 is 1.35 bits per heavy atom. The van der Waals surface area contributed by atoms with Crippen molar-refractivity contribution in [1.82, 2.24) is 9.62 Å². The van der Waals surface area contributed by atoms with Crippen LogP contribution in [0.3, 0.4) is 0 Å². The van der Waals surface area contributed by atoms with Gasteiger partial charge in [-0.3, -0.25) is 9.52 Å². The molecule has 0 aromatic heterocycles. The zero-order valence-electron chi connectivity index (χ0n) is 18.3. The van der Waals surface area contributed by atoms with Gasteiger partial charge in [0.25, 0.3) is 15.9 Å². The van der Waals surface area contributed by atoms with Crippen molar-refractivity contribution in [3.05, 3.63) is 90.0 Å². The van der Waals surface area contributed by atoms with Crippen molar-refractivity contribution >= 4 is 31.6 Å².